The van der Waals surface area contributed by atoms with E-state index in [1.165, 1.54) is 16.7 Å². The molecule has 1 fully saturated rings. The molecular formula is C21H24N2O. The first-order valence-electron chi connectivity index (χ1n) is 8.95. The van der Waals surface area contributed by atoms with Crippen LogP contribution in [-0.4, -0.2) is 30.4 Å². The molecule has 2 aromatic carbocycles. The molecule has 1 amide bonds. The molecule has 1 saturated heterocycles. The van der Waals surface area contributed by atoms with E-state index in [2.05, 4.69) is 64.8 Å². The molecule has 0 spiro atoms. The van der Waals surface area contributed by atoms with Gasteiger partial charge in [0.15, 0.2) is 0 Å². The van der Waals surface area contributed by atoms with Gasteiger partial charge in [-0.3, -0.25) is 4.79 Å². The monoisotopic (exact) mass is 320 g/mol. The van der Waals surface area contributed by atoms with E-state index in [1.54, 1.807) is 0 Å². The largest absolute Gasteiger partial charge is 0.337 e. The van der Waals surface area contributed by atoms with Crippen LogP contribution in [0, 0.1) is 5.92 Å². The minimum Gasteiger partial charge on any atom is -0.337 e. The number of carbonyl (C=O) groups is 1. The molecule has 4 rings (SSSR count). The molecule has 0 saturated carbocycles. The van der Waals surface area contributed by atoms with Crippen LogP contribution in [0.1, 0.15) is 35.4 Å². The summed E-state index contributed by atoms with van der Waals surface area (Å²) in [6, 6.07) is 19.2. The van der Waals surface area contributed by atoms with Gasteiger partial charge in [-0.2, -0.15) is 0 Å². The molecule has 124 valence electrons. The van der Waals surface area contributed by atoms with Gasteiger partial charge in [-0.15, -0.1) is 0 Å². The highest BCUT2D eigenvalue weighted by Gasteiger charge is 2.32. The normalized spacial score (nSPS) is 23.6. The number of piperidine rings is 1. The maximum atomic E-state index is 13.0. The predicted molar refractivity (Wildman–Crippen MR) is 95.7 cm³/mol. The Labute approximate surface area is 143 Å². The standard InChI is InChI=1S/C21H24N2O/c24-21(17-10-6-12-22-13-17)23-14-18-9-4-5-11-19(18)20(15-23)16-7-2-1-3-8-16/h1-5,7-9,11,17,20,22H,6,10,12-15H2. The average molecular weight is 320 g/mol. The van der Waals surface area contributed by atoms with Crippen molar-refractivity contribution in [1.82, 2.24) is 10.2 Å². The van der Waals surface area contributed by atoms with Crippen molar-refractivity contribution >= 4 is 5.91 Å². The lowest BCUT2D eigenvalue weighted by molar-refractivity contribution is -0.137. The smallest absolute Gasteiger partial charge is 0.227 e. The van der Waals surface area contributed by atoms with Crippen molar-refractivity contribution in [1.29, 1.82) is 0 Å². The molecule has 2 unspecified atom stereocenters. The lowest BCUT2D eigenvalue weighted by atomic mass is 9.84. The highest BCUT2D eigenvalue weighted by atomic mass is 16.2. The maximum Gasteiger partial charge on any atom is 0.227 e. The van der Waals surface area contributed by atoms with E-state index >= 15 is 0 Å². The number of nitrogens with one attached hydrogen (secondary N) is 1. The van der Waals surface area contributed by atoms with E-state index in [4.69, 9.17) is 0 Å². The zero-order chi connectivity index (χ0) is 16.4. The Balaban J connectivity index is 1.64. The van der Waals surface area contributed by atoms with E-state index in [0.717, 1.165) is 39.0 Å². The second kappa shape index (κ2) is 6.78. The maximum absolute atomic E-state index is 13.0. The van der Waals surface area contributed by atoms with Gasteiger partial charge in [0.25, 0.3) is 0 Å². The molecule has 2 heterocycles. The Morgan fingerprint density at radius 2 is 1.83 bits per heavy atom. The molecule has 2 aliphatic rings. The Hall–Kier alpha value is -2.13. The van der Waals surface area contributed by atoms with Crippen molar-refractivity contribution in [2.45, 2.75) is 25.3 Å². The number of carbonyl (C=O) groups excluding carboxylic acids is 1. The molecule has 2 atom stereocenters. The van der Waals surface area contributed by atoms with Crippen LogP contribution in [0.5, 0.6) is 0 Å². The summed E-state index contributed by atoms with van der Waals surface area (Å²) in [6.45, 7) is 3.40. The van der Waals surface area contributed by atoms with Gasteiger partial charge < -0.3 is 10.2 Å². The highest BCUT2D eigenvalue weighted by molar-refractivity contribution is 5.79. The topological polar surface area (TPSA) is 32.3 Å². The Kier molecular flexibility index (Phi) is 4.35. The first-order chi connectivity index (χ1) is 11.8. The molecule has 0 aromatic heterocycles. The Bertz CT molecular complexity index is 707. The lowest BCUT2D eigenvalue weighted by Gasteiger charge is -2.37. The van der Waals surface area contributed by atoms with Crippen LogP contribution in [0.2, 0.25) is 0 Å². The SMILES string of the molecule is O=C(C1CCCNC1)N1Cc2ccccc2C(c2ccccc2)C1. The minimum atomic E-state index is 0.139. The minimum absolute atomic E-state index is 0.139. The van der Waals surface area contributed by atoms with Gasteiger partial charge in [-0.25, -0.2) is 0 Å². The van der Waals surface area contributed by atoms with E-state index in [9.17, 15) is 4.79 Å². The molecule has 24 heavy (non-hydrogen) atoms. The van der Waals surface area contributed by atoms with Crippen LogP contribution in [0.4, 0.5) is 0 Å². The predicted octanol–water partition coefficient (Wildman–Crippen LogP) is 3.16. The molecular weight excluding hydrogens is 296 g/mol. The average Bonchev–Trinajstić information content (AvgIpc) is 2.68. The summed E-state index contributed by atoms with van der Waals surface area (Å²) in [5, 5.41) is 3.37. The zero-order valence-corrected chi connectivity index (χ0v) is 13.9. The quantitative estimate of drug-likeness (QED) is 0.922. The third-order valence-corrected chi connectivity index (χ3v) is 5.35. The fourth-order valence-electron chi connectivity index (χ4n) is 4.07. The van der Waals surface area contributed by atoms with Crippen LogP contribution < -0.4 is 5.32 Å². The van der Waals surface area contributed by atoms with E-state index < -0.39 is 0 Å². The molecule has 0 aliphatic carbocycles. The Morgan fingerprint density at radius 3 is 2.62 bits per heavy atom. The van der Waals surface area contributed by atoms with Crippen molar-refractivity contribution in [3.63, 3.8) is 0 Å². The summed E-state index contributed by atoms with van der Waals surface area (Å²) in [7, 11) is 0. The van der Waals surface area contributed by atoms with Crippen LogP contribution in [0.25, 0.3) is 0 Å². The Morgan fingerprint density at radius 1 is 1.04 bits per heavy atom. The van der Waals surface area contributed by atoms with E-state index in [0.29, 0.717) is 5.91 Å². The van der Waals surface area contributed by atoms with Crippen molar-refractivity contribution in [3.8, 4) is 0 Å². The van der Waals surface area contributed by atoms with Gasteiger partial charge >= 0.3 is 0 Å². The number of hydrogen-bond acceptors (Lipinski definition) is 2. The fraction of sp³-hybridized carbons (Fsp3) is 0.381. The van der Waals surface area contributed by atoms with Crippen molar-refractivity contribution in [2.24, 2.45) is 5.92 Å². The van der Waals surface area contributed by atoms with Gasteiger partial charge in [-0.05, 0) is 36.1 Å². The summed E-state index contributed by atoms with van der Waals surface area (Å²) >= 11 is 0. The number of hydrogen-bond donors (Lipinski definition) is 1. The molecule has 0 bridgehead atoms. The summed E-state index contributed by atoms with van der Waals surface area (Å²) in [6.07, 6.45) is 2.11. The van der Waals surface area contributed by atoms with Gasteiger partial charge in [0.1, 0.15) is 0 Å². The second-order valence-corrected chi connectivity index (χ2v) is 6.92. The molecule has 0 radical (unpaired) electrons. The number of amides is 1. The van der Waals surface area contributed by atoms with Crippen LogP contribution in [0.3, 0.4) is 0 Å². The van der Waals surface area contributed by atoms with Crippen LogP contribution in [0.15, 0.2) is 54.6 Å². The van der Waals surface area contributed by atoms with E-state index in [-0.39, 0.29) is 11.8 Å². The van der Waals surface area contributed by atoms with Gasteiger partial charge in [0.2, 0.25) is 5.91 Å². The first-order valence-corrected chi connectivity index (χ1v) is 8.95. The lowest BCUT2D eigenvalue weighted by Crippen LogP contribution is -2.46. The summed E-state index contributed by atoms with van der Waals surface area (Å²) in [5.41, 5.74) is 3.95. The van der Waals surface area contributed by atoms with Crippen LogP contribution >= 0.6 is 0 Å². The highest BCUT2D eigenvalue weighted by Crippen LogP contribution is 2.34. The van der Waals surface area contributed by atoms with Gasteiger partial charge in [0, 0.05) is 25.6 Å². The van der Waals surface area contributed by atoms with Crippen molar-refractivity contribution in [3.05, 3.63) is 71.3 Å². The van der Waals surface area contributed by atoms with Gasteiger partial charge in [0.05, 0.1) is 5.92 Å². The molecule has 3 nitrogen and oxygen atoms in total. The van der Waals surface area contributed by atoms with Crippen LogP contribution in [-0.2, 0) is 11.3 Å². The number of fused-ring (bicyclic) bond motifs is 1. The molecule has 1 N–H and O–H groups in total. The number of rotatable bonds is 2. The molecule has 2 aromatic rings. The van der Waals surface area contributed by atoms with Crippen molar-refractivity contribution in [2.75, 3.05) is 19.6 Å². The van der Waals surface area contributed by atoms with Crippen molar-refractivity contribution < 1.29 is 4.79 Å². The number of nitrogens with zero attached hydrogens (tertiary/aromatic N) is 1. The van der Waals surface area contributed by atoms with E-state index in [1.807, 2.05) is 0 Å². The molecule has 3 heteroatoms. The fourth-order valence-corrected chi connectivity index (χ4v) is 4.07. The summed E-state index contributed by atoms with van der Waals surface area (Å²) in [4.78, 5) is 15.1. The summed E-state index contributed by atoms with van der Waals surface area (Å²) < 4.78 is 0. The third kappa shape index (κ3) is 2.96. The molecule has 2 aliphatic heterocycles. The second-order valence-electron chi connectivity index (χ2n) is 6.92. The summed E-state index contributed by atoms with van der Waals surface area (Å²) in [5.74, 6) is 0.731. The van der Waals surface area contributed by atoms with Gasteiger partial charge in [-0.1, -0.05) is 54.6 Å². The third-order valence-electron chi connectivity index (χ3n) is 5.35. The zero-order valence-electron chi connectivity index (χ0n) is 13.9. The first kappa shape index (κ1) is 15.4. The number of benzene rings is 2.